The first-order chi connectivity index (χ1) is 7.56. The van der Waals surface area contributed by atoms with Crippen LogP contribution in [-0.4, -0.2) is 36.2 Å². The zero-order valence-corrected chi connectivity index (χ0v) is 8.97. The highest BCUT2D eigenvalue weighted by atomic mass is 16.6. The molecule has 0 rings (SSSR count). The Morgan fingerprint density at radius 1 is 1.19 bits per heavy atom. The summed E-state index contributed by atoms with van der Waals surface area (Å²) in [6.45, 7) is 1.73. The molecule has 0 aromatic heterocycles. The maximum atomic E-state index is 10.9. The molecule has 0 saturated heterocycles. The SMILES string of the molecule is CCCCOC(=O)COC(=O)/C=C/C(=O)O. The molecule has 0 aliphatic rings. The summed E-state index contributed by atoms with van der Waals surface area (Å²) in [4.78, 5) is 31.8. The van der Waals surface area contributed by atoms with E-state index in [1.165, 1.54) is 0 Å². The van der Waals surface area contributed by atoms with Gasteiger partial charge in [-0.1, -0.05) is 13.3 Å². The molecule has 90 valence electrons. The van der Waals surface area contributed by atoms with Gasteiger partial charge in [0.2, 0.25) is 0 Å². The Bertz CT molecular complexity index is 281. The third-order valence-electron chi connectivity index (χ3n) is 1.46. The molecule has 0 atom stereocenters. The molecular weight excluding hydrogens is 216 g/mol. The van der Waals surface area contributed by atoms with E-state index in [0.29, 0.717) is 6.08 Å². The van der Waals surface area contributed by atoms with Crippen LogP contribution >= 0.6 is 0 Å². The molecular formula is C10H14O6. The van der Waals surface area contributed by atoms with Gasteiger partial charge < -0.3 is 14.6 Å². The summed E-state index contributed by atoms with van der Waals surface area (Å²) < 4.78 is 9.12. The van der Waals surface area contributed by atoms with Gasteiger partial charge in [0.15, 0.2) is 6.61 Å². The summed E-state index contributed by atoms with van der Waals surface area (Å²) in [6.07, 6.45) is 3.00. The van der Waals surface area contributed by atoms with Crippen LogP contribution < -0.4 is 0 Å². The fraction of sp³-hybridized carbons (Fsp3) is 0.500. The maximum Gasteiger partial charge on any atom is 0.344 e. The zero-order chi connectivity index (χ0) is 12.4. The number of aliphatic carboxylic acids is 1. The second-order valence-corrected chi connectivity index (χ2v) is 2.85. The number of carbonyl (C=O) groups excluding carboxylic acids is 2. The minimum Gasteiger partial charge on any atom is -0.478 e. The third kappa shape index (κ3) is 8.74. The van der Waals surface area contributed by atoms with E-state index in [4.69, 9.17) is 9.84 Å². The number of carboxylic acids is 1. The molecule has 0 aliphatic heterocycles. The lowest BCUT2D eigenvalue weighted by Crippen LogP contribution is -2.16. The van der Waals surface area contributed by atoms with Crippen molar-refractivity contribution in [3.63, 3.8) is 0 Å². The van der Waals surface area contributed by atoms with Crippen molar-refractivity contribution in [1.29, 1.82) is 0 Å². The number of hydrogen-bond donors (Lipinski definition) is 1. The Morgan fingerprint density at radius 3 is 2.44 bits per heavy atom. The van der Waals surface area contributed by atoms with Crippen LogP contribution in [0.25, 0.3) is 0 Å². The van der Waals surface area contributed by atoms with Crippen LogP contribution in [0.4, 0.5) is 0 Å². The first-order valence-corrected chi connectivity index (χ1v) is 4.79. The number of esters is 2. The van der Waals surface area contributed by atoms with Gasteiger partial charge in [0.1, 0.15) is 0 Å². The second-order valence-electron chi connectivity index (χ2n) is 2.85. The van der Waals surface area contributed by atoms with E-state index in [-0.39, 0.29) is 6.61 Å². The van der Waals surface area contributed by atoms with Crippen LogP contribution in [0.15, 0.2) is 12.2 Å². The Morgan fingerprint density at radius 2 is 1.88 bits per heavy atom. The topological polar surface area (TPSA) is 89.9 Å². The predicted octanol–water partition coefficient (Wildman–Crippen LogP) is 0.514. The third-order valence-corrected chi connectivity index (χ3v) is 1.46. The van der Waals surface area contributed by atoms with E-state index in [0.717, 1.165) is 18.9 Å². The quantitative estimate of drug-likeness (QED) is 0.389. The van der Waals surface area contributed by atoms with Crippen molar-refractivity contribution in [2.75, 3.05) is 13.2 Å². The molecule has 6 nitrogen and oxygen atoms in total. The maximum absolute atomic E-state index is 10.9. The highest BCUT2D eigenvalue weighted by molar-refractivity contribution is 5.91. The van der Waals surface area contributed by atoms with Crippen LogP contribution in [0.3, 0.4) is 0 Å². The minimum absolute atomic E-state index is 0.290. The van der Waals surface area contributed by atoms with Gasteiger partial charge in [-0.25, -0.2) is 14.4 Å². The molecule has 0 bridgehead atoms. The van der Waals surface area contributed by atoms with Crippen molar-refractivity contribution in [2.45, 2.75) is 19.8 Å². The second kappa shape index (κ2) is 8.46. The molecule has 16 heavy (non-hydrogen) atoms. The van der Waals surface area contributed by atoms with Crippen molar-refractivity contribution in [3.05, 3.63) is 12.2 Å². The minimum atomic E-state index is -1.26. The lowest BCUT2D eigenvalue weighted by atomic mass is 10.4. The highest BCUT2D eigenvalue weighted by Gasteiger charge is 2.05. The molecule has 0 saturated carbocycles. The molecule has 0 aromatic rings. The summed E-state index contributed by atoms with van der Waals surface area (Å²) in [5, 5.41) is 8.20. The fourth-order valence-corrected chi connectivity index (χ4v) is 0.690. The summed E-state index contributed by atoms with van der Waals surface area (Å²) in [6, 6.07) is 0. The predicted molar refractivity (Wildman–Crippen MR) is 53.6 cm³/mol. The number of ether oxygens (including phenoxy) is 2. The van der Waals surface area contributed by atoms with Gasteiger partial charge >= 0.3 is 17.9 Å². The molecule has 0 radical (unpaired) electrons. The molecule has 0 amide bonds. The van der Waals surface area contributed by atoms with Gasteiger partial charge in [-0.05, 0) is 6.42 Å². The summed E-state index contributed by atoms with van der Waals surface area (Å²) in [5.74, 6) is -2.80. The van der Waals surface area contributed by atoms with Crippen LogP contribution in [0.1, 0.15) is 19.8 Å². The van der Waals surface area contributed by atoms with E-state index in [2.05, 4.69) is 4.74 Å². The smallest absolute Gasteiger partial charge is 0.344 e. The molecule has 1 N–H and O–H groups in total. The lowest BCUT2D eigenvalue weighted by Gasteiger charge is -2.03. The van der Waals surface area contributed by atoms with E-state index in [9.17, 15) is 14.4 Å². The number of carbonyl (C=O) groups is 3. The van der Waals surface area contributed by atoms with E-state index < -0.39 is 24.5 Å². The number of rotatable bonds is 7. The van der Waals surface area contributed by atoms with Crippen LogP contribution in [0.2, 0.25) is 0 Å². The number of hydrogen-bond acceptors (Lipinski definition) is 5. The molecule has 0 fully saturated rings. The van der Waals surface area contributed by atoms with Crippen LogP contribution in [0, 0.1) is 0 Å². The lowest BCUT2D eigenvalue weighted by molar-refractivity contribution is -0.156. The van der Waals surface area contributed by atoms with Crippen molar-refractivity contribution in [2.24, 2.45) is 0 Å². The highest BCUT2D eigenvalue weighted by Crippen LogP contribution is 1.90. The summed E-state index contributed by atoms with van der Waals surface area (Å²) >= 11 is 0. The van der Waals surface area contributed by atoms with Gasteiger partial charge in [0.25, 0.3) is 0 Å². The Balaban J connectivity index is 3.67. The first kappa shape index (κ1) is 14.2. The average Bonchev–Trinajstić information content (AvgIpc) is 2.24. The standard InChI is InChI=1S/C10H14O6/c1-2-3-6-15-10(14)7-16-9(13)5-4-8(11)12/h4-5H,2-3,6-7H2,1H3,(H,11,12)/b5-4+. The van der Waals surface area contributed by atoms with E-state index in [1.807, 2.05) is 6.92 Å². The monoisotopic (exact) mass is 230 g/mol. The van der Waals surface area contributed by atoms with Gasteiger partial charge in [-0.3, -0.25) is 0 Å². The van der Waals surface area contributed by atoms with Gasteiger partial charge in [-0.2, -0.15) is 0 Å². The van der Waals surface area contributed by atoms with E-state index in [1.54, 1.807) is 0 Å². The Hall–Kier alpha value is -1.85. The zero-order valence-electron chi connectivity index (χ0n) is 8.97. The fourth-order valence-electron chi connectivity index (χ4n) is 0.690. The van der Waals surface area contributed by atoms with Crippen LogP contribution in [0.5, 0.6) is 0 Å². The molecule has 6 heteroatoms. The molecule has 0 aliphatic carbocycles. The Kier molecular flexibility index (Phi) is 7.48. The largest absolute Gasteiger partial charge is 0.478 e. The van der Waals surface area contributed by atoms with Crippen molar-refractivity contribution >= 4 is 17.9 Å². The van der Waals surface area contributed by atoms with Gasteiger partial charge in [0.05, 0.1) is 6.61 Å². The first-order valence-electron chi connectivity index (χ1n) is 4.79. The number of unbranched alkanes of at least 4 members (excludes halogenated alkanes) is 1. The number of carboxylic acid groups (broad SMARTS) is 1. The summed E-state index contributed by atoms with van der Waals surface area (Å²) in [5.41, 5.74) is 0. The molecule has 0 unspecified atom stereocenters. The van der Waals surface area contributed by atoms with Crippen molar-refractivity contribution in [3.8, 4) is 0 Å². The summed E-state index contributed by atoms with van der Waals surface area (Å²) in [7, 11) is 0. The molecule has 0 aromatic carbocycles. The van der Waals surface area contributed by atoms with Gasteiger partial charge in [0, 0.05) is 12.2 Å². The van der Waals surface area contributed by atoms with Gasteiger partial charge in [-0.15, -0.1) is 0 Å². The normalized spacial score (nSPS) is 10.1. The average molecular weight is 230 g/mol. The van der Waals surface area contributed by atoms with E-state index >= 15 is 0 Å². The van der Waals surface area contributed by atoms with Crippen molar-refractivity contribution < 1.29 is 29.0 Å². The molecule has 0 spiro atoms. The van der Waals surface area contributed by atoms with Crippen LogP contribution in [-0.2, 0) is 23.9 Å². The molecule has 0 heterocycles. The Labute approximate surface area is 92.8 Å². The van der Waals surface area contributed by atoms with Crippen molar-refractivity contribution in [1.82, 2.24) is 0 Å².